The zero-order valence-corrected chi connectivity index (χ0v) is 31.1. The van der Waals surface area contributed by atoms with Crippen molar-refractivity contribution in [3.63, 3.8) is 0 Å². The van der Waals surface area contributed by atoms with Crippen molar-refractivity contribution in [3.05, 3.63) is 46.2 Å². The van der Waals surface area contributed by atoms with Crippen LogP contribution in [0.5, 0.6) is 6.01 Å². The van der Waals surface area contributed by atoms with E-state index in [1.165, 1.54) is 0 Å². The molecule has 10 nitrogen and oxygen atoms in total. The number of aliphatic imine (C=N–C) groups is 1. The van der Waals surface area contributed by atoms with Gasteiger partial charge in [0.05, 0.1) is 11.6 Å². The number of ether oxygens (including phenoxy) is 3. The Hall–Kier alpha value is -2.81. The van der Waals surface area contributed by atoms with E-state index < -0.39 is 11.4 Å². The van der Waals surface area contributed by atoms with Gasteiger partial charge in [0.15, 0.2) is 5.82 Å². The number of nitrogens with zero attached hydrogens (tertiary/aromatic N) is 6. The van der Waals surface area contributed by atoms with Crippen LogP contribution in [0.15, 0.2) is 29.3 Å². The molecule has 47 heavy (non-hydrogen) atoms. The number of carbonyl (C=O) groups excluding carboxylic acids is 1. The molecule has 1 amide bonds. The zero-order chi connectivity index (χ0) is 34.2. The zero-order valence-electron chi connectivity index (χ0n) is 28.2. The summed E-state index contributed by atoms with van der Waals surface area (Å²) in [4.78, 5) is 32.9. The van der Waals surface area contributed by atoms with Gasteiger partial charge in [-0.2, -0.15) is 9.97 Å². The van der Waals surface area contributed by atoms with Crippen LogP contribution in [-0.4, -0.2) is 107 Å². The van der Waals surface area contributed by atoms with Crippen molar-refractivity contribution in [2.45, 2.75) is 65.3 Å². The number of likely N-dealkylation sites (N-methyl/N-ethyl adjacent to an activating group) is 1. The standard InChI is InChI=1S/C34H43ClFIN6O4/c1-19-10-9-11-23(30(37)38-7)26(19)27-25(35)14-24-29(28(27)36)39-32(46-18-22-17-41(8)12-13-45-22)40-31(24)42-15-21(3)43(16-20(42)2)33(44)47-34(4,5)6/h9-11,14,20-22H,12-13,15-18H2,1-8H3/b38-30+/t20-,21+,22+/m0/s1. The predicted octanol–water partition coefficient (Wildman–Crippen LogP) is 6.75. The maximum atomic E-state index is 17.0. The van der Waals surface area contributed by atoms with Crippen LogP contribution < -0.4 is 9.64 Å². The minimum Gasteiger partial charge on any atom is -0.461 e. The Morgan fingerprint density at radius 1 is 1.17 bits per heavy atom. The maximum Gasteiger partial charge on any atom is 0.410 e. The molecule has 13 heteroatoms. The van der Waals surface area contributed by atoms with E-state index >= 15 is 4.39 Å². The fraction of sp³-hybridized carbons (Fsp3) is 0.529. The van der Waals surface area contributed by atoms with E-state index in [-0.39, 0.29) is 53.0 Å². The van der Waals surface area contributed by atoms with Gasteiger partial charge >= 0.3 is 12.1 Å². The van der Waals surface area contributed by atoms with Crippen molar-refractivity contribution in [2.24, 2.45) is 4.99 Å². The van der Waals surface area contributed by atoms with Crippen LogP contribution in [0.25, 0.3) is 22.0 Å². The number of halogens is 3. The third kappa shape index (κ3) is 7.76. The topological polar surface area (TPSA) is 92.6 Å². The number of aromatic nitrogens is 2. The molecule has 3 aromatic rings. The van der Waals surface area contributed by atoms with Crippen LogP contribution in [0.2, 0.25) is 5.02 Å². The minimum atomic E-state index is -0.618. The molecule has 0 bridgehead atoms. The average Bonchev–Trinajstić information content (AvgIpc) is 3.00. The molecule has 0 N–H and O–H groups in total. The summed E-state index contributed by atoms with van der Waals surface area (Å²) in [6, 6.07) is 7.12. The van der Waals surface area contributed by atoms with E-state index in [1.54, 1.807) is 18.0 Å². The van der Waals surface area contributed by atoms with Crippen molar-refractivity contribution >= 4 is 60.7 Å². The lowest BCUT2D eigenvalue weighted by molar-refractivity contribution is -0.0416. The molecule has 0 unspecified atom stereocenters. The maximum absolute atomic E-state index is 17.0. The van der Waals surface area contributed by atoms with E-state index in [9.17, 15) is 4.79 Å². The van der Waals surface area contributed by atoms with Crippen LogP contribution in [0, 0.1) is 12.7 Å². The summed E-state index contributed by atoms with van der Waals surface area (Å²) in [5, 5.41) is 0.687. The largest absolute Gasteiger partial charge is 0.461 e. The van der Waals surface area contributed by atoms with Crippen molar-refractivity contribution in [2.75, 3.05) is 58.4 Å². The third-order valence-corrected chi connectivity index (χ3v) is 9.77. The van der Waals surface area contributed by atoms with E-state index in [2.05, 4.69) is 42.4 Å². The molecule has 0 spiro atoms. The molecule has 2 aliphatic heterocycles. The molecule has 5 rings (SSSR count). The summed E-state index contributed by atoms with van der Waals surface area (Å²) in [6.07, 6.45) is -0.549. The Morgan fingerprint density at radius 3 is 2.60 bits per heavy atom. The second-order valence-corrected chi connectivity index (χ2v) is 14.8. The van der Waals surface area contributed by atoms with Gasteiger partial charge in [-0.05, 0) is 88.4 Å². The monoisotopic (exact) mass is 780 g/mol. The molecule has 254 valence electrons. The predicted molar refractivity (Wildman–Crippen MR) is 193 cm³/mol. The molecule has 2 saturated heterocycles. The minimum absolute atomic E-state index is 0.0423. The fourth-order valence-corrected chi connectivity index (χ4v) is 6.83. The third-order valence-electron chi connectivity index (χ3n) is 8.41. The number of carbonyl (C=O) groups is 1. The molecular formula is C34H43ClFIN6O4. The van der Waals surface area contributed by atoms with Crippen molar-refractivity contribution in [1.29, 1.82) is 0 Å². The normalized spacial score (nSPS) is 21.3. The number of hydrogen-bond donors (Lipinski definition) is 0. The average molecular weight is 781 g/mol. The first-order chi connectivity index (χ1) is 22.2. The molecule has 0 saturated carbocycles. The molecule has 2 aliphatic rings. The quantitative estimate of drug-likeness (QED) is 0.201. The van der Waals surface area contributed by atoms with E-state index in [1.807, 2.05) is 66.8 Å². The first kappa shape index (κ1) is 35.5. The van der Waals surface area contributed by atoms with Gasteiger partial charge in [-0.15, -0.1) is 0 Å². The van der Waals surface area contributed by atoms with Gasteiger partial charge in [-0.3, -0.25) is 4.99 Å². The van der Waals surface area contributed by atoms with Gasteiger partial charge in [0.25, 0.3) is 0 Å². The number of aryl methyl sites for hydroxylation is 1. The number of amides is 1. The molecule has 1 aromatic heterocycles. The molecule has 3 atom stereocenters. The number of fused-ring (bicyclic) bond motifs is 1. The second kappa shape index (κ2) is 14.4. The van der Waals surface area contributed by atoms with Crippen molar-refractivity contribution in [1.82, 2.24) is 19.8 Å². The van der Waals surface area contributed by atoms with Crippen LogP contribution in [0.3, 0.4) is 0 Å². The first-order valence-electron chi connectivity index (χ1n) is 15.8. The van der Waals surface area contributed by atoms with Gasteiger partial charge in [0.2, 0.25) is 0 Å². The van der Waals surface area contributed by atoms with Crippen molar-refractivity contribution < 1.29 is 23.4 Å². The van der Waals surface area contributed by atoms with E-state index in [0.29, 0.717) is 43.0 Å². The van der Waals surface area contributed by atoms with Crippen LogP contribution >= 0.6 is 34.2 Å². The Bertz CT molecular complexity index is 1680. The number of morpholine rings is 1. The summed E-state index contributed by atoms with van der Waals surface area (Å²) in [7, 11) is 3.73. The highest BCUT2D eigenvalue weighted by molar-refractivity contribution is 14.1. The number of piperazine rings is 1. The summed E-state index contributed by atoms with van der Waals surface area (Å²) in [5.74, 6) is -0.0875. The fourth-order valence-electron chi connectivity index (χ4n) is 6.10. The van der Waals surface area contributed by atoms with Gasteiger partial charge in [0.1, 0.15) is 33.4 Å². The van der Waals surface area contributed by atoms with Crippen molar-refractivity contribution in [3.8, 4) is 17.1 Å². The molecule has 2 aromatic carbocycles. The number of hydrogen-bond acceptors (Lipinski definition) is 9. The molecular weight excluding hydrogens is 738 g/mol. The molecule has 3 heterocycles. The van der Waals surface area contributed by atoms with Gasteiger partial charge in [-0.25, -0.2) is 9.18 Å². The SMILES string of the molecule is C/N=C(/I)c1cccc(C)c1-c1c(Cl)cc2c(N3C[C@@H](C)N(C(=O)OC(C)(C)C)C[C@@H]3C)nc(OC[C@H]3CN(C)CCO3)nc2c1F. The Morgan fingerprint density at radius 2 is 1.91 bits per heavy atom. The Labute approximate surface area is 294 Å². The number of anilines is 1. The smallest absolute Gasteiger partial charge is 0.410 e. The summed E-state index contributed by atoms with van der Waals surface area (Å²) in [5.41, 5.74) is 2.00. The molecule has 0 aliphatic carbocycles. The highest BCUT2D eigenvalue weighted by Gasteiger charge is 2.37. The summed E-state index contributed by atoms with van der Waals surface area (Å²) in [6.45, 7) is 14.6. The summed E-state index contributed by atoms with van der Waals surface area (Å²) >= 11 is 9.13. The number of benzene rings is 2. The molecule has 2 fully saturated rings. The highest BCUT2D eigenvalue weighted by Crippen LogP contribution is 2.42. The Balaban J connectivity index is 1.62. The molecule has 0 radical (unpaired) electrons. The van der Waals surface area contributed by atoms with E-state index in [4.69, 9.17) is 30.8 Å². The number of rotatable bonds is 6. The van der Waals surface area contributed by atoms with E-state index in [0.717, 1.165) is 21.4 Å². The lowest BCUT2D eigenvalue weighted by Crippen LogP contribution is -2.59. The first-order valence-corrected chi connectivity index (χ1v) is 17.3. The lowest BCUT2D eigenvalue weighted by atomic mass is 9.93. The van der Waals surface area contributed by atoms with Crippen LogP contribution in [0.1, 0.15) is 45.7 Å². The van der Waals surface area contributed by atoms with Crippen LogP contribution in [0.4, 0.5) is 15.0 Å². The second-order valence-electron chi connectivity index (χ2n) is 13.3. The van der Waals surface area contributed by atoms with Crippen LogP contribution in [-0.2, 0) is 9.47 Å². The summed E-state index contributed by atoms with van der Waals surface area (Å²) < 4.78 is 35.5. The van der Waals surface area contributed by atoms with Gasteiger partial charge < -0.3 is 28.9 Å². The van der Waals surface area contributed by atoms with Gasteiger partial charge in [-0.1, -0.05) is 29.8 Å². The highest BCUT2D eigenvalue weighted by atomic mass is 127. The Kier molecular flexibility index (Phi) is 10.8. The van der Waals surface area contributed by atoms with Gasteiger partial charge in [0, 0.05) is 61.8 Å². The lowest BCUT2D eigenvalue weighted by Gasteiger charge is -2.45.